The molecule has 13 nitrogen and oxygen atoms in total. The molecule has 2 N–H and O–H groups in total. The maximum atomic E-state index is 13.5. The van der Waals surface area contributed by atoms with Crippen molar-refractivity contribution in [3.8, 4) is 5.75 Å². The van der Waals surface area contributed by atoms with Crippen molar-refractivity contribution in [3.05, 3.63) is 35.2 Å². The number of aromatic nitrogens is 1. The second-order valence-electron chi connectivity index (χ2n) is 11.4. The number of benzene rings is 1. The first-order valence-corrected chi connectivity index (χ1v) is 16.0. The molecule has 0 radical (unpaired) electrons. The number of sulfonamides is 1. The molecule has 0 unspecified atom stereocenters. The summed E-state index contributed by atoms with van der Waals surface area (Å²) in [6, 6.07) is 4.69. The zero-order chi connectivity index (χ0) is 31.3. The van der Waals surface area contributed by atoms with Crippen LogP contribution in [0, 0.1) is 19.8 Å². The summed E-state index contributed by atoms with van der Waals surface area (Å²) in [5, 5.41) is 16.6. The molecule has 0 bridgehead atoms. The summed E-state index contributed by atoms with van der Waals surface area (Å²) >= 11 is 0. The van der Waals surface area contributed by atoms with E-state index in [1.54, 1.807) is 43.9 Å². The van der Waals surface area contributed by atoms with E-state index >= 15 is 0 Å². The van der Waals surface area contributed by atoms with Gasteiger partial charge in [0.15, 0.2) is 5.76 Å². The van der Waals surface area contributed by atoms with E-state index in [1.807, 2.05) is 6.92 Å². The Kier molecular flexibility index (Phi) is 10.8. The largest absolute Gasteiger partial charge is 0.488 e. The molecular formula is C29H43N5O8S. The van der Waals surface area contributed by atoms with Gasteiger partial charge < -0.3 is 29.3 Å². The minimum atomic E-state index is -3.95. The number of carbonyl (C=O) groups excluding carboxylic acids is 2. The van der Waals surface area contributed by atoms with Crippen LogP contribution in [0.4, 0.5) is 5.69 Å². The van der Waals surface area contributed by atoms with Crippen LogP contribution < -0.4 is 10.1 Å². The molecule has 2 amide bonds. The summed E-state index contributed by atoms with van der Waals surface area (Å²) in [4.78, 5) is 30.0. The number of rotatable bonds is 10. The lowest BCUT2D eigenvalue weighted by molar-refractivity contribution is -0.134. The zero-order valence-electron chi connectivity index (χ0n) is 25.5. The van der Waals surface area contributed by atoms with Crippen molar-refractivity contribution in [2.24, 2.45) is 5.92 Å². The quantitative estimate of drug-likeness (QED) is 0.398. The van der Waals surface area contributed by atoms with Crippen molar-refractivity contribution in [3.63, 3.8) is 0 Å². The molecule has 0 saturated carbocycles. The molecule has 4 rings (SSSR count). The second kappa shape index (κ2) is 14.2. The van der Waals surface area contributed by atoms with Crippen molar-refractivity contribution < 1.29 is 37.1 Å². The Morgan fingerprint density at radius 3 is 2.63 bits per heavy atom. The molecule has 2 aromatic rings. The molecule has 3 heterocycles. The Morgan fingerprint density at radius 2 is 1.98 bits per heavy atom. The number of fused-ring (bicyclic) bond motifs is 1. The molecule has 2 aliphatic rings. The first-order valence-electron chi connectivity index (χ1n) is 14.6. The van der Waals surface area contributed by atoms with E-state index in [4.69, 9.17) is 14.0 Å². The van der Waals surface area contributed by atoms with E-state index < -0.39 is 22.2 Å². The van der Waals surface area contributed by atoms with Gasteiger partial charge in [-0.2, -0.15) is 4.31 Å². The summed E-state index contributed by atoms with van der Waals surface area (Å²) in [5.41, 5.74) is 1.36. The molecule has 1 aromatic carbocycles. The van der Waals surface area contributed by atoms with Crippen molar-refractivity contribution in [2.75, 3.05) is 64.9 Å². The van der Waals surface area contributed by atoms with Gasteiger partial charge in [-0.1, -0.05) is 12.1 Å². The van der Waals surface area contributed by atoms with Crippen LogP contribution >= 0.6 is 0 Å². The lowest BCUT2D eigenvalue weighted by atomic mass is 10.0. The average molecular weight is 622 g/mol. The molecule has 14 heteroatoms. The molecule has 43 heavy (non-hydrogen) atoms. The van der Waals surface area contributed by atoms with Gasteiger partial charge in [0.05, 0.1) is 38.8 Å². The molecule has 238 valence electrons. The maximum Gasteiger partial charge on any atom is 0.248 e. The molecule has 3 atom stereocenters. The Bertz CT molecular complexity index is 1370. The molecule has 0 spiro atoms. The predicted molar refractivity (Wildman–Crippen MR) is 158 cm³/mol. The number of carbonyl (C=O) groups is 2. The van der Waals surface area contributed by atoms with E-state index in [0.717, 1.165) is 13.1 Å². The number of hydrogen-bond acceptors (Lipinski definition) is 10. The summed E-state index contributed by atoms with van der Waals surface area (Å²) in [5.74, 6) is -0.0172. The highest BCUT2D eigenvalue weighted by molar-refractivity contribution is 7.89. The summed E-state index contributed by atoms with van der Waals surface area (Å²) in [7, 11) is -2.48. The Balaban J connectivity index is 1.57. The highest BCUT2D eigenvalue weighted by Crippen LogP contribution is 2.30. The molecule has 1 aromatic heterocycles. The second-order valence-corrected chi connectivity index (χ2v) is 13.4. The highest BCUT2D eigenvalue weighted by Gasteiger charge is 2.35. The van der Waals surface area contributed by atoms with Gasteiger partial charge >= 0.3 is 0 Å². The van der Waals surface area contributed by atoms with Crippen LogP contribution in [-0.2, 0) is 30.8 Å². The smallest absolute Gasteiger partial charge is 0.248 e. The topological polar surface area (TPSA) is 155 Å². The standard InChI is InChI=1S/C29H43N5O8S/c1-19-16-34(20(2)18-35)28(37)15-23-14-24(30-27(36)8-9-33-10-12-40-13-11-33)6-7-25(23)41-26(19)17-32(5)43(38,39)29-21(3)31-42-22(29)4/h6-7,14,19-20,26,35H,8-13,15-18H2,1-5H3,(H,30,36)/t19-,20+,26-/m1/s1. The van der Waals surface area contributed by atoms with E-state index in [9.17, 15) is 23.1 Å². The fourth-order valence-corrected chi connectivity index (χ4v) is 6.85. The number of amides is 2. The molecule has 1 fully saturated rings. The number of hydrogen-bond donors (Lipinski definition) is 2. The number of ether oxygens (including phenoxy) is 2. The van der Waals surface area contributed by atoms with E-state index in [1.165, 1.54) is 11.4 Å². The van der Waals surface area contributed by atoms with E-state index in [-0.39, 0.29) is 60.2 Å². The van der Waals surface area contributed by atoms with Crippen LogP contribution in [-0.4, -0.2) is 116 Å². The number of likely N-dealkylation sites (N-methyl/N-ethyl adjacent to an activating group) is 1. The fourth-order valence-electron chi connectivity index (χ4n) is 5.38. The van der Waals surface area contributed by atoms with Crippen LogP contribution in [0.2, 0.25) is 0 Å². The monoisotopic (exact) mass is 621 g/mol. The first kappa shape index (κ1) is 32.9. The molecule has 2 aliphatic heterocycles. The lowest BCUT2D eigenvalue weighted by Gasteiger charge is -2.33. The van der Waals surface area contributed by atoms with Gasteiger partial charge in [-0.05, 0) is 39.0 Å². The van der Waals surface area contributed by atoms with Crippen molar-refractivity contribution >= 4 is 27.5 Å². The van der Waals surface area contributed by atoms with Crippen LogP contribution in [0.15, 0.2) is 27.6 Å². The molecule has 1 saturated heterocycles. The van der Waals surface area contributed by atoms with Gasteiger partial charge in [-0.3, -0.25) is 14.5 Å². The van der Waals surface area contributed by atoms with Gasteiger partial charge in [0.1, 0.15) is 22.4 Å². The fraction of sp³-hybridized carbons (Fsp3) is 0.621. The van der Waals surface area contributed by atoms with Crippen molar-refractivity contribution in [1.82, 2.24) is 19.3 Å². The third-order valence-electron chi connectivity index (χ3n) is 8.03. The average Bonchev–Trinajstić information content (AvgIpc) is 3.34. The number of anilines is 1. The maximum absolute atomic E-state index is 13.5. The van der Waals surface area contributed by atoms with Crippen molar-refractivity contribution in [2.45, 2.75) is 57.6 Å². The normalized spacial score (nSPS) is 21.0. The summed E-state index contributed by atoms with van der Waals surface area (Å²) in [6.45, 7) is 10.3. The van der Waals surface area contributed by atoms with Crippen LogP contribution in [0.25, 0.3) is 0 Å². The third-order valence-corrected chi connectivity index (χ3v) is 10.1. The van der Waals surface area contributed by atoms with Gasteiger partial charge in [-0.25, -0.2) is 8.42 Å². The zero-order valence-corrected chi connectivity index (χ0v) is 26.4. The minimum absolute atomic E-state index is 0.0101. The van der Waals surface area contributed by atoms with Crippen LogP contribution in [0.3, 0.4) is 0 Å². The van der Waals surface area contributed by atoms with Crippen molar-refractivity contribution in [1.29, 1.82) is 0 Å². The SMILES string of the molecule is Cc1noc(C)c1S(=O)(=O)N(C)C[C@H]1Oc2ccc(NC(=O)CCN3CCOCC3)cc2CC(=O)N([C@@H](C)CO)C[C@H]1C. The molecule has 0 aliphatic carbocycles. The number of aliphatic hydroxyl groups excluding tert-OH is 1. The summed E-state index contributed by atoms with van der Waals surface area (Å²) in [6.07, 6.45) is -0.337. The number of morpholine rings is 1. The van der Waals surface area contributed by atoms with Gasteiger partial charge in [0, 0.05) is 56.8 Å². The number of nitrogens with zero attached hydrogens (tertiary/aromatic N) is 4. The minimum Gasteiger partial charge on any atom is -0.488 e. The predicted octanol–water partition coefficient (Wildman–Crippen LogP) is 1.42. The lowest BCUT2D eigenvalue weighted by Crippen LogP contribution is -2.48. The Morgan fingerprint density at radius 1 is 1.26 bits per heavy atom. The van der Waals surface area contributed by atoms with Crippen LogP contribution in [0.1, 0.15) is 37.3 Å². The van der Waals surface area contributed by atoms with Gasteiger partial charge in [0.2, 0.25) is 21.8 Å². The van der Waals surface area contributed by atoms with E-state index in [2.05, 4.69) is 15.4 Å². The Hall–Kier alpha value is -3.04. The van der Waals surface area contributed by atoms with Crippen LogP contribution in [0.5, 0.6) is 5.75 Å². The molecular weight excluding hydrogens is 578 g/mol. The van der Waals surface area contributed by atoms with Gasteiger partial charge in [0.25, 0.3) is 0 Å². The van der Waals surface area contributed by atoms with E-state index in [0.29, 0.717) is 43.2 Å². The number of nitrogens with one attached hydrogen (secondary N) is 1. The third kappa shape index (κ3) is 7.92. The first-order chi connectivity index (χ1) is 20.4. The Labute approximate surface area is 253 Å². The number of aryl methyl sites for hydroxylation is 2. The van der Waals surface area contributed by atoms with Gasteiger partial charge in [-0.15, -0.1) is 0 Å². The summed E-state index contributed by atoms with van der Waals surface area (Å²) < 4.78 is 45.1. The highest BCUT2D eigenvalue weighted by atomic mass is 32.2. The number of aliphatic hydroxyl groups is 1.